The van der Waals surface area contributed by atoms with Crippen LogP contribution in [-0.4, -0.2) is 26.5 Å². The second-order valence-corrected chi connectivity index (χ2v) is 4.57. The van der Waals surface area contributed by atoms with E-state index in [1.807, 2.05) is 0 Å². The normalized spacial score (nSPS) is 13.8. The Morgan fingerprint density at radius 3 is 2.20 bits per heavy atom. The zero-order valence-corrected chi connectivity index (χ0v) is 8.78. The largest absolute Gasteiger partial charge is 0.501 e. The van der Waals surface area contributed by atoms with E-state index in [1.165, 1.54) is 6.92 Å². The molecule has 0 aliphatic heterocycles. The van der Waals surface area contributed by atoms with Gasteiger partial charge in [0.25, 0.3) is 9.84 Å². The van der Waals surface area contributed by atoms with E-state index in [2.05, 4.69) is 4.74 Å². The zero-order chi connectivity index (χ0) is 12.3. The molecule has 0 aromatic rings. The highest BCUT2D eigenvalue weighted by molar-refractivity contribution is 7.96. The minimum Gasteiger partial charge on any atom is -0.463 e. The Balaban J connectivity index is 5.03. The fourth-order valence-corrected chi connectivity index (χ4v) is 1.23. The smallest absolute Gasteiger partial charge is 0.463 e. The lowest BCUT2D eigenvalue weighted by atomic mass is 10.5. The van der Waals surface area contributed by atoms with Crippen LogP contribution in [-0.2, 0) is 19.4 Å². The van der Waals surface area contributed by atoms with Gasteiger partial charge in [-0.2, -0.15) is 13.2 Å². The van der Waals surface area contributed by atoms with E-state index in [4.69, 9.17) is 0 Å². The summed E-state index contributed by atoms with van der Waals surface area (Å²) in [6.07, 6.45) is 0.298. The van der Waals surface area contributed by atoms with Crippen LogP contribution < -0.4 is 0 Å². The average Bonchev–Trinajstić information content (AvgIpc) is 2.02. The Morgan fingerprint density at radius 1 is 1.40 bits per heavy atom. The van der Waals surface area contributed by atoms with E-state index >= 15 is 0 Å². The molecular weight excluding hydrogens is 237 g/mol. The molecule has 0 spiro atoms. The predicted molar refractivity (Wildman–Crippen MR) is 45.4 cm³/mol. The number of rotatable bonds is 3. The molecule has 0 radical (unpaired) electrons. The lowest BCUT2D eigenvalue weighted by molar-refractivity contribution is -0.137. The molecule has 0 bridgehead atoms. The Labute approximate surface area is 84.6 Å². The number of alkyl halides is 3. The molecule has 0 atom stereocenters. The van der Waals surface area contributed by atoms with E-state index in [9.17, 15) is 26.4 Å². The van der Waals surface area contributed by atoms with Gasteiger partial charge in [0.2, 0.25) is 0 Å². The van der Waals surface area contributed by atoms with E-state index in [1.54, 1.807) is 0 Å². The molecule has 0 heterocycles. The minimum atomic E-state index is -5.43. The van der Waals surface area contributed by atoms with Gasteiger partial charge < -0.3 is 4.74 Å². The third-order valence-corrected chi connectivity index (χ3v) is 2.91. The third-order valence-electron chi connectivity index (χ3n) is 1.34. The van der Waals surface area contributed by atoms with Crippen LogP contribution in [0.15, 0.2) is 11.0 Å². The summed E-state index contributed by atoms with van der Waals surface area (Å²) in [4.78, 5) is 9.61. The highest BCUT2D eigenvalue weighted by atomic mass is 32.2. The van der Waals surface area contributed by atoms with Crippen molar-refractivity contribution in [1.29, 1.82) is 0 Å². The molecule has 88 valence electrons. The van der Waals surface area contributed by atoms with Gasteiger partial charge in [-0.3, -0.25) is 0 Å². The summed E-state index contributed by atoms with van der Waals surface area (Å²) in [6, 6.07) is 0. The summed E-state index contributed by atoms with van der Waals surface area (Å²) < 4.78 is 61.5. The molecule has 4 nitrogen and oxygen atoms in total. The number of halogens is 3. The fraction of sp³-hybridized carbons (Fsp3) is 0.571. The molecule has 0 N–H and O–H groups in total. The number of ether oxygens (including phenoxy) is 1. The number of hydrogen-bond acceptors (Lipinski definition) is 4. The lowest BCUT2D eigenvalue weighted by Crippen LogP contribution is -2.24. The molecule has 0 aromatic heterocycles. The van der Waals surface area contributed by atoms with Crippen LogP contribution in [0.4, 0.5) is 13.2 Å². The topological polar surface area (TPSA) is 60.4 Å². The first kappa shape index (κ1) is 13.9. The molecule has 0 fully saturated rings. The standard InChI is InChI=1S/C7H9F3O4S/c1-3-14-6(11)4-5(2)15(12,13)7(8,9)10/h4H,3H2,1-2H3. The summed E-state index contributed by atoms with van der Waals surface area (Å²) >= 11 is 0. The van der Waals surface area contributed by atoms with Crippen LogP contribution in [0.3, 0.4) is 0 Å². The molecular formula is C7H9F3O4S. The number of carbonyl (C=O) groups is 1. The van der Waals surface area contributed by atoms with Crippen LogP contribution in [0.25, 0.3) is 0 Å². The average molecular weight is 246 g/mol. The highest BCUT2D eigenvalue weighted by Gasteiger charge is 2.46. The number of hydrogen-bond donors (Lipinski definition) is 0. The molecule has 0 saturated carbocycles. The third kappa shape index (κ3) is 3.54. The highest BCUT2D eigenvalue weighted by Crippen LogP contribution is 2.28. The van der Waals surface area contributed by atoms with Gasteiger partial charge in [-0.25, -0.2) is 13.2 Å². The van der Waals surface area contributed by atoms with E-state index in [-0.39, 0.29) is 6.61 Å². The predicted octanol–water partition coefficient (Wildman–Crippen LogP) is 1.39. The maximum atomic E-state index is 11.9. The number of esters is 1. The van der Waals surface area contributed by atoms with Crippen molar-refractivity contribution in [2.45, 2.75) is 19.4 Å². The van der Waals surface area contributed by atoms with Crippen molar-refractivity contribution in [3.8, 4) is 0 Å². The second-order valence-electron chi connectivity index (χ2n) is 2.46. The molecule has 8 heteroatoms. The summed E-state index contributed by atoms with van der Waals surface area (Å²) in [5, 5.41) is 0. The molecule has 0 aliphatic rings. The zero-order valence-electron chi connectivity index (χ0n) is 7.96. The Bertz CT molecular complexity index is 366. The van der Waals surface area contributed by atoms with Crippen molar-refractivity contribution >= 4 is 15.8 Å². The first-order valence-electron chi connectivity index (χ1n) is 3.79. The quantitative estimate of drug-likeness (QED) is 0.557. The fourth-order valence-electron chi connectivity index (χ4n) is 0.610. The van der Waals surface area contributed by atoms with Gasteiger partial charge in [-0.15, -0.1) is 0 Å². The van der Waals surface area contributed by atoms with Gasteiger partial charge in [-0.05, 0) is 13.8 Å². The van der Waals surface area contributed by atoms with Gasteiger partial charge >= 0.3 is 11.5 Å². The summed E-state index contributed by atoms with van der Waals surface area (Å²) in [7, 11) is -5.43. The van der Waals surface area contributed by atoms with E-state index in [0.29, 0.717) is 13.0 Å². The van der Waals surface area contributed by atoms with E-state index in [0.717, 1.165) is 0 Å². The maximum Gasteiger partial charge on any atom is 0.501 e. The van der Waals surface area contributed by atoms with E-state index < -0.39 is 26.2 Å². The molecule has 15 heavy (non-hydrogen) atoms. The van der Waals surface area contributed by atoms with Crippen molar-refractivity contribution < 1.29 is 31.1 Å². The summed E-state index contributed by atoms with van der Waals surface area (Å²) in [5.74, 6) is -1.12. The van der Waals surface area contributed by atoms with Gasteiger partial charge in [0.05, 0.1) is 11.5 Å². The van der Waals surface area contributed by atoms with Crippen molar-refractivity contribution in [3.05, 3.63) is 11.0 Å². The second kappa shape index (κ2) is 4.65. The van der Waals surface area contributed by atoms with Crippen LogP contribution in [0, 0.1) is 0 Å². The Kier molecular flexibility index (Phi) is 4.32. The van der Waals surface area contributed by atoms with Crippen molar-refractivity contribution in [2.75, 3.05) is 6.61 Å². The van der Waals surface area contributed by atoms with Crippen molar-refractivity contribution in [3.63, 3.8) is 0 Å². The molecule has 0 unspecified atom stereocenters. The number of carbonyl (C=O) groups excluding carboxylic acids is 1. The van der Waals surface area contributed by atoms with Crippen LogP contribution in [0.2, 0.25) is 0 Å². The van der Waals surface area contributed by atoms with Gasteiger partial charge in [0.1, 0.15) is 0 Å². The van der Waals surface area contributed by atoms with Gasteiger partial charge in [0.15, 0.2) is 0 Å². The minimum absolute atomic E-state index is 0.0469. The number of sulfone groups is 1. The Morgan fingerprint density at radius 2 is 1.87 bits per heavy atom. The maximum absolute atomic E-state index is 11.9. The van der Waals surface area contributed by atoms with Gasteiger partial charge in [-0.1, -0.05) is 0 Å². The molecule has 0 amide bonds. The lowest BCUT2D eigenvalue weighted by Gasteiger charge is -2.07. The van der Waals surface area contributed by atoms with Crippen LogP contribution >= 0.6 is 0 Å². The van der Waals surface area contributed by atoms with Crippen molar-refractivity contribution in [1.82, 2.24) is 0 Å². The Hall–Kier alpha value is -1.05. The summed E-state index contributed by atoms with van der Waals surface area (Å²) in [5.41, 5.74) is -5.40. The SMILES string of the molecule is CCOC(=O)C=C(C)S(=O)(=O)C(F)(F)F. The first-order valence-corrected chi connectivity index (χ1v) is 5.27. The number of allylic oxidation sites excluding steroid dienone is 1. The molecule has 0 aliphatic carbocycles. The van der Waals surface area contributed by atoms with Crippen molar-refractivity contribution in [2.24, 2.45) is 0 Å². The van der Waals surface area contributed by atoms with Gasteiger partial charge in [0, 0.05) is 6.08 Å². The summed E-state index contributed by atoms with van der Waals surface area (Å²) in [6.45, 7) is 2.08. The molecule has 0 rings (SSSR count). The van der Waals surface area contributed by atoms with Crippen LogP contribution in [0.5, 0.6) is 0 Å². The molecule has 0 aromatic carbocycles. The van der Waals surface area contributed by atoms with Crippen LogP contribution in [0.1, 0.15) is 13.8 Å². The first-order chi connectivity index (χ1) is 6.63. The molecule has 0 saturated heterocycles. The monoisotopic (exact) mass is 246 g/mol.